The van der Waals surface area contributed by atoms with Gasteiger partial charge in [0.15, 0.2) is 0 Å². The molecule has 1 heterocycles. The van der Waals surface area contributed by atoms with Crippen molar-refractivity contribution in [3.63, 3.8) is 0 Å². The van der Waals surface area contributed by atoms with Crippen molar-refractivity contribution < 1.29 is 4.84 Å². The molecule has 0 saturated heterocycles. The molecule has 2 aliphatic rings. The number of hydrogen-bond acceptors (Lipinski definition) is 2. The van der Waals surface area contributed by atoms with Gasteiger partial charge in [0, 0.05) is 10.6 Å². The molecule has 24 heavy (non-hydrogen) atoms. The fraction of sp³-hybridized carbons (Fsp3) is 0.0500. The molecule has 0 N–H and O–H groups in total. The molecule has 1 aromatic carbocycles. The molecule has 4 heteroatoms. The van der Waals surface area contributed by atoms with Gasteiger partial charge in [0.1, 0.15) is 7.11 Å². The van der Waals surface area contributed by atoms with E-state index in [2.05, 4.69) is 0 Å². The molecule has 4 rings (SSSR count). The van der Waals surface area contributed by atoms with Crippen LogP contribution in [0.5, 0.6) is 0 Å². The molecule has 118 valence electrons. The summed E-state index contributed by atoms with van der Waals surface area (Å²) in [6, 6.07) is 21.2. The lowest BCUT2D eigenvalue weighted by atomic mass is 10.1. The van der Waals surface area contributed by atoms with Gasteiger partial charge in [-0.05, 0) is 40.8 Å². The molecule has 0 atom stereocenters. The third-order valence-electron chi connectivity index (χ3n) is 4.15. The van der Waals surface area contributed by atoms with E-state index in [1.807, 2.05) is 60.7 Å². The molecule has 0 bridgehead atoms. The van der Waals surface area contributed by atoms with Crippen molar-refractivity contribution in [1.82, 2.24) is 4.73 Å². The van der Waals surface area contributed by atoms with Gasteiger partial charge in [0.25, 0.3) is 5.56 Å². The highest BCUT2D eigenvalue weighted by molar-refractivity contribution is 6.30. The number of benzene rings is 1. The van der Waals surface area contributed by atoms with E-state index < -0.39 is 0 Å². The Hall–Kier alpha value is -2.78. The molecule has 3 nitrogen and oxygen atoms in total. The molecular formula is C20H14ClNO2. The van der Waals surface area contributed by atoms with Crippen LogP contribution in [0.15, 0.2) is 71.5 Å². The predicted molar refractivity (Wildman–Crippen MR) is 97.8 cm³/mol. The van der Waals surface area contributed by atoms with Crippen LogP contribution in [-0.4, -0.2) is 11.8 Å². The summed E-state index contributed by atoms with van der Waals surface area (Å²) >= 11 is 6.10. The molecule has 0 fully saturated rings. The SMILES string of the molecule is COn1c(-c2cccc(Cl)c2)cc2cc3cccccc-3c2c1=O. The minimum atomic E-state index is -0.175. The van der Waals surface area contributed by atoms with Gasteiger partial charge in [0.05, 0.1) is 11.1 Å². The highest BCUT2D eigenvalue weighted by Gasteiger charge is 2.17. The Morgan fingerprint density at radius 1 is 0.917 bits per heavy atom. The second-order valence-corrected chi connectivity index (χ2v) is 6.01. The normalized spacial score (nSPS) is 11.1. The van der Waals surface area contributed by atoms with Crippen molar-refractivity contribution in [2.24, 2.45) is 0 Å². The van der Waals surface area contributed by atoms with Gasteiger partial charge in [-0.25, -0.2) is 0 Å². The van der Waals surface area contributed by atoms with Gasteiger partial charge in [-0.1, -0.05) is 54.1 Å². The number of aromatic nitrogens is 1. The van der Waals surface area contributed by atoms with Crippen LogP contribution in [0.2, 0.25) is 5.02 Å². The summed E-state index contributed by atoms with van der Waals surface area (Å²) in [4.78, 5) is 18.4. The van der Waals surface area contributed by atoms with E-state index in [4.69, 9.17) is 16.4 Å². The van der Waals surface area contributed by atoms with Crippen LogP contribution >= 0.6 is 11.6 Å². The Bertz CT molecular complexity index is 1080. The highest BCUT2D eigenvalue weighted by Crippen LogP contribution is 2.33. The quantitative estimate of drug-likeness (QED) is 0.540. The molecule has 2 aromatic rings. The van der Waals surface area contributed by atoms with Crippen LogP contribution < -0.4 is 10.4 Å². The van der Waals surface area contributed by atoms with E-state index in [9.17, 15) is 4.79 Å². The van der Waals surface area contributed by atoms with Gasteiger partial charge < -0.3 is 4.84 Å². The Morgan fingerprint density at radius 2 is 1.71 bits per heavy atom. The van der Waals surface area contributed by atoms with Gasteiger partial charge in [-0.2, -0.15) is 0 Å². The van der Waals surface area contributed by atoms with Gasteiger partial charge >= 0.3 is 0 Å². The zero-order valence-electron chi connectivity index (χ0n) is 13.0. The fourth-order valence-electron chi connectivity index (χ4n) is 3.11. The molecule has 0 radical (unpaired) electrons. The van der Waals surface area contributed by atoms with E-state index >= 15 is 0 Å². The molecule has 2 aliphatic carbocycles. The predicted octanol–water partition coefficient (Wildman–Crippen LogP) is 4.49. The first-order valence-electron chi connectivity index (χ1n) is 7.57. The highest BCUT2D eigenvalue weighted by atomic mass is 35.5. The summed E-state index contributed by atoms with van der Waals surface area (Å²) in [6.07, 6.45) is 0. The lowest BCUT2D eigenvalue weighted by Gasteiger charge is -2.12. The fourth-order valence-corrected chi connectivity index (χ4v) is 3.30. The second kappa shape index (κ2) is 5.69. The van der Waals surface area contributed by atoms with E-state index in [0.29, 0.717) is 16.1 Å². The molecule has 0 amide bonds. The minimum absolute atomic E-state index is 0.175. The maximum absolute atomic E-state index is 13.0. The smallest absolute Gasteiger partial charge is 0.292 e. The van der Waals surface area contributed by atoms with Crippen LogP contribution in [0.3, 0.4) is 0 Å². The summed E-state index contributed by atoms with van der Waals surface area (Å²) < 4.78 is 1.32. The first-order valence-corrected chi connectivity index (χ1v) is 7.95. The summed E-state index contributed by atoms with van der Waals surface area (Å²) in [5.74, 6) is 0. The van der Waals surface area contributed by atoms with Crippen LogP contribution in [-0.2, 0) is 0 Å². The molecular weight excluding hydrogens is 322 g/mol. The Balaban J connectivity index is 2.12. The Kier molecular flexibility index (Phi) is 3.51. The molecule has 0 saturated carbocycles. The molecule has 1 aromatic heterocycles. The molecule has 0 unspecified atom stereocenters. The van der Waals surface area contributed by atoms with Gasteiger partial charge in [-0.15, -0.1) is 4.73 Å². The first kappa shape index (κ1) is 14.8. The molecule has 0 aliphatic heterocycles. The molecule has 0 spiro atoms. The number of pyridine rings is 1. The Morgan fingerprint density at radius 3 is 2.50 bits per heavy atom. The Labute approximate surface area is 144 Å². The van der Waals surface area contributed by atoms with Crippen molar-refractivity contribution >= 4 is 22.4 Å². The van der Waals surface area contributed by atoms with Crippen molar-refractivity contribution in [1.29, 1.82) is 0 Å². The van der Waals surface area contributed by atoms with Crippen molar-refractivity contribution in [2.45, 2.75) is 0 Å². The lowest BCUT2D eigenvalue weighted by molar-refractivity contribution is 0.163. The van der Waals surface area contributed by atoms with Crippen LogP contribution in [0.1, 0.15) is 0 Å². The number of hydrogen-bond donors (Lipinski definition) is 0. The van der Waals surface area contributed by atoms with E-state index in [1.54, 1.807) is 6.07 Å². The van der Waals surface area contributed by atoms with E-state index in [-0.39, 0.29) is 5.56 Å². The zero-order chi connectivity index (χ0) is 16.7. The van der Waals surface area contributed by atoms with Crippen molar-refractivity contribution in [2.75, 3.05) is 7.11 Å². The number of fused-ring (bicyclic) bond motifs is 3. The largest absolute Gasteiger partial charge is 0.413 e. The standard InChI is InChI=1S/C20H14ClNO2/c1-24-22-18(14-7-5-8-16(21)11-14)12-15-10-13-6-3-2-4-9-17(13)19(15)20(22)23/h2-12H,1H3. The maximum atomic E-state index is 13.0. The van der Waals surface area contributed by atoms with Crippen LogP contribution in [0.4, 0.5) is 0 Å². The van der Waals surface area contributed by atoms with E-state index in [1.165, 1.54) is 11.8 Å². The first-order chi connectivity index (χ1) is 11.7. The zero-order valence-corrected chi connectivity index (χ0v) is 13.7. The van der Waals surface area contributed by atoms with Crippen LogP contribution in [0, 0.1) is 0 Å². The van der Waals surface area contributed by atoms with E-state index in [0.717, 1.165) is 22.1 Å². The van der Waals surface area contributed by atoms with Gasteiger partial charge in [-0.3, -0.25) is 4.79 Å². The number of nitrogens with zero attached hydrogens (tertiary/aromatic N) is 1. The third kappa shape index (κ3) is 2.25. The third-order valence-corrected chi connectivity index (χ3v) is 4.39. The van der Waals surface area contributed by atoms with Gasteiger partial charge in [0.2, 0.25) is 0 Å². The monoisotopic (exact) mass is 335 g/mol. The summed E-state index contributed by atoms with van der Waals surface area (Å²) in [5.41, 5.74) is 3.28. The average molecular weight is 336 g/mol. The topological polar surface area (TPSA) is 31.2 Å². The number of halogens is 1. The van der Waals surface area contributed by atoms with Crippen LogP contribution in [0.25, 0.3) is 33.2 Å². The summed E-state index contributed by atoms with van der Waals surface area (Å²) in [5, 5.41) is 2.17. The van der Waals surface area contributed by atoms with Crippen molar-refractivity contribution in [3.8, 4) is 22.4 Å². The average Bonchev–Trinajstić information content (AvgIpc) is 2.76. The summed E-state index contributed by atoms with van der Waals surface area (Å²) in [7, 11) is 1.49. The maximum Gasteiger partial charge on any atom is 0.292 e. The second-order valence-electron chi connectivity index (χ2n) is 5.58. The minimum Gasteiger partial charge on any atom is -0.413 e. The number of rotatable bonds is 2. The lowest BCUT2D eigenvalue weighted by Crippen LogP contribution is -2.26. The van der Waals surface area contributed by atoms with Crippen molar-refractivity contribution in [3.05, 3.63) is 82.1 Å². The summed E-state index contributed by atoms with van der Waals surface area (Å²) in [6.45, 7) is 0.